The first-order valence-electron chi connectivity index (χ1n) is 7.88. The van der Waals surface area contributed by atoms with Gasteiger partial charge in [0.1, 0.15) is 16.5 Å². The van der Waals surface area contributed by atoms with Gasteiger partial charge in [0.2, 0.25) is 0 Å². The summed E-state index contributed by atoms with van der Waals surface area (Å²) in [6, 6.07) is 5.73. The van der Waals surface area contributed by atoms with E-state index in [1.165, 1.54) is 11.3 Å². The van der Waals surface area contributed by atoms with Gasteiger partial charge in [0.05, 0.1) is 19.3 Å². The molecule has 2 aromatic heterocycles. The van der Waals surface area contributed by atoms with Crippen molar-refractivity contribution in [1.29, 1.82) is 0 Å². The Hall–Kier alpha value is -2.67. The number of aromatic nitrogens is 3. The van der Waals surface area contributed by atoms with Gasteiger partial charge in [-0.3, -0.25) is 9.48 Å². The average Bonchev–Trinajstić information content (AvgIpc) is 3.23. The van der Waals surface area contributed by atoms with Crippen LogP contribution in [0.4, 0.5) is 0 Å². The van der Waals surface area contributed by atoms with Gasteiger partial charge in [-0.05, 0) is 19.9 Å². The van der Waals surface area contributed by atoms with Gasteiger partial charge in [-0.1, -0.05) is 17.7 Å². The van der Waals surface area contributed by atoms with Gasteiger partial charge >= 0.3 is 0 Å². The van der Waals surface area contributed by atoms with Gasteiger partial charge in [-0.2, -0.15) is 5.10 Å². The quantitative estimate of drug-likeness (QED) is 0.761. The van der Waals surface area contributed by atoms with Crippen LogP contribution in [-0.2, 0) is 7.05 Å². The second-order valence-electron chi connectivity index (χ2n) is 5.88. The molecule has 0 saturated carbocycles. The van der Waals surface area contributed by atoms with E-state index < -0.39 is 0 Å². The van der Waals surface area contributed by atoms with Crippen molar-refractivity contribution < 1.29 is 9.53 Å². The Kier molecular flexibility index (Phi) is 4.85. The lowest BCUT2D eigenvalue weighted by atomic mass is 10.0. The molecule has 0 aliphatic heterocycles. The summed E-state index contributed by atoms with van der Waals surface area (Å²) < 4.78 is 7.11. The zero-order chi connectivity index (χ0) is 18.0. The SMILES string of the molecule is COc1ccc(C)cc1C(C)NC(=O)c1csc(-c2cnn(C)c2)n1. The van der Waals surface area contributed by atoms with Gasteiger partial charge in [0, 0.05) is 29.8 Å². The molecule has 130 valence electrons. The van der Waals surface area contributed by atoms with E-state index in [2.05, 4.69) is 15.4 Å². The molecule has 0 radical (unpaired) electrons. The van der Waals surface area contributed by atoms with E-state index in [-0.39, 0.29) is 11.9 Å². The van der Waals surface area contributed by atoms with Crippen LogP contribution in [0.15, 0.2) is 36.0 Å². The van der Waals surface area contributed by atoms with E-state index in [1.54, 1.807) is 23.4 Å². The first kappa shape index (κ1) is 17.2. The van der Waals surface area contributed by atoms with Gasteiger partial charge in [0.15, 0.2) is 0 Å². The molecule has 0 saturated heterocycles. The first-order valence-corrected chi connectivity index (χ1v) is 8.76. The van der Waals surface area contributed by atoms with Crippen molar-refractivity contribution >= 4 is 17.2 Å². The number of methoxy groups -OCH3 is 1. The molecule has 6 nitrogen and oxygen atoms in total. The third-order valence-corrected chi connectivity index (χ3v) is 4.78. The molecule has 0 spiro atoms. The third-order valence-electron chi connectivity index (χ3n) is 3.89. The Bertz CT molecular complexity index is 900. The summed E-state index contributed by atoms with van der Waals surface area (Å²) in [5, 5.41) is 9.66. The monoisotopic (exact) mass is 356 g/mol. The predicted octanol–water partition coefficient (Wildman–Crippen LogP) is 3.35. The Morgan fingerprint density at radius 1 is 1.40 bits per heavy atom. The molecule has 3 rings (SSSR count). The topological polar surface area (TPSA) is 69.0 Å². The molecule has 1 atom stereocenters. The van der Waals surface area contributed by atoms with E-state index in [9.17, 15) is 4.79 Å². The number of amides is 1. The van der Waals surface area contributed by atoms with Gasteiger partial charge < -0.3 is 10.1 Å². The summed E-state index contributed by atoms with van der Waals surface area (Å²) in [5.41, 5.74) is 3.37. The molecule has 3 aromatic rings. The zero-order valence-electron chi connectivity index (χ0n) is 14.6. The van der Waals surface area contributed by atoms with Crippen molar-refractivity contribution in [3.63, 3.8) is 0 Å². The first-order chi connectivity index (χ1) is 12.0. The van der Waals surface area contributed by atoms with Crippen LogP contribution < -0.4 is 10.1 Å². The van der Waals surface area contributed by atoms with Gasteiger partial charge in [0.25, 0.3) is 5.91 Å². The minimum Gasteiger partial charge on any atom is -0.496 e. The zero-order valence-corrected chi connectivity index (χ0v) is 15.4. The molecule has 1 aromatic carbocycles. The van der Waals surface area contributed by atoms with Crippen LogP contribution in [0.3, 0.4) is 0 Å². The number of hydrogen-bond acceptors (Lipinski definition) is 5. The van der Waals surface area contributed by atoms with Crippen LogP contribution in [0.25, 0.3) is 10.6 Å². The van der Waals surface area contributed by atoms with Crippen molar-refractivity contribution in [3.8, 4) is 16.3 Å². The molecule has 7 heteroatoms. The minimum atomic E-state index is -0.206. The highest BCUT2D eigenvalue weighted by Gasteiger charge is 2.18. The second kappa shape index (κ2) is 7.06. The summed E-state index contributed by atoms with van der Waals surface area (Å²) in [7, 11) is 3.48. The Morgan fingerprint density at radius 3 is 2.88 bits per heavy atom. The Labute approximate surface area is 150 Å². The summed E-state index contributed by atoms with van der Waals surface area (Å²) in [6.07, 6.45) is 3.61. The maximum absolute atomic E-state index is 12.5. The van der Waals surface area contributed by atoms with E-state index in [1.807, 2.05) is 45.3 Å². The number of carbonyl (C=O) groups excluding carboxylic acids is 1. The molecular formula is C18H20N4O2S. The van der Waals surface area contributed by atoms with E-state index >= 15 is 0 Å². The molecule has 0 aliphatic carbocycles. The normalized spacial score (nSPS) is 12.0. The number of thiazole rings is 1. The fourth-order valence-corrected chi connectivity index (χ4v) is 3.36. The van der Waals surface area contributed by atoms with Crippen LogP contribution in [0.2, 0.25) is 0 Å². The van der Waals surface area contributed by atoms with E-state index in [0.717, 1.165) is 27.4 Å². The Balaban J connectivity index is 1.76. The summed E-state index contributed by atoms with van der Waals surface area (Å²) in [6.45, 7) is 3.95. The molecule has 0 aliphatic rings. The third kappa shape index (κ3) is 3.71. The molecular weight excluding hydrogens is 336 g/mol. The number of nitrogens with one attached hydrogen (secondary N) is 1. The fraction of sp³-hybridized carbons (Fsp3) is 0.278. The number of aryl methyl sites for hydroxylation is 2. The minimum absolute atomic E-state index is 0.189. The Morgan fingerprint density at radius 2 is 2.20 bits per heavy atom. The molecule has 1 amide bonds. The summed E-state index contributed by atoms with van der Waals surface area (Å²) in [5.74, 6) is 0.551. The average molecular weight is 356 g/mol. The van der Waals surface area contributed by atoms with Crippen molar-refractivity contribution in [3.05, 3.63) is 52.8 Å². The smallest absolute Gasteiger partial charge is 0.271 e. The van der Waals surface area contributed by atoms with E-state index in [0.29, 0.717) is 5.69 Å². The van der Waals surface area contributed by atoms with Crippen LogP contribution in [0, 0.1) is 6.92 Å². The fourth-order valence-electron chi connectivity index (χ4n) is 2.58. The van der Waals surface area contributed by atoms with Crippen molar-refractivity contribution in [1.82, 2.24) is 20.1 Å². The van der Waals surface area contributed by atoms with Crippen molar-refractivity contribution in [2.75, 3.05) is 7.11 Å². The number of nitrogens with zero attached hydrogens (tertiary/aromatic N) is 3. The predicted molar refractivity (Wildman–Crippen MR) is 97.9 cm³/mol. The molecule has 2 heterocycles. The van der Waals surface area contributed by atoms with Crippen molar-refractivity contribution in [2.45, 2.75) is 19.9 Å². The largest absolute Gasteiger partial charge is 0.496 e. The highest BCUT2D eigenvalue weighted by Crippen LogP contribution is 2.27. The lowest BCUT2D eigenvalue weighted by Gasteiger charge is -2.17. The summed E-state index contributed by atoms with van der Waals surface area (Å²) in [4.78, 5) is 17.0. The molecule has 0 bridgehead atoms. The molecule has 0 fully saturated rings. The molecule has 1 unspecified atom stereocenters. The number of hydrogen-bond donors (Lipinski definition) is 1. The van der Waals surface area contributed by atoms with Gasteiger partial charge in [-0.25, -0.2) is 4.98 Å². The maximum atomic E-state index is 12.5. The lowest BCUT2D eigenvalue weighted by Crippen LogP contribution is -2.27. The number of ether oxygens (including phenoxy) is 1. The number of rotatable bonds is 5. The summed E-state index contributed by atoms with van der Waals surface area (Å²) >= 11 is 1.43. The van der Waals surface area contributed by atoms with Crippen LogP contribution in [0.5, 0.6) is 5.75 Å². The highest BCUT2D eigenvalue weighted by atomic mass is 32.1. The highest BCUT2D eigenvalue weighted by molar-refractivity contribution is 7.13. The van der Waals surface area contributed by atoms with Gasteiger partial charge in [-0.15, -0.1) is 11.3 Å². The second-order valence-corrected chi connectivity index (χ2v) is 6.74. The van der Waals surface area contributed by atoms with Crippen molar-refractivity contribution in [2.24, 2.45) is 7.05 Å². The number of carbonyl (C=O) groups is 1. The number of benzene rings is 1. The molecule has 25 heavy (non-hydrogen) atoms. The van der Waals surface area contributed by atoms with Crippen LogP contribution >= 0.6 is 11.3 Å². The van der Waals surface area contributed by atoms with Crippen LogP contribution in [-0.4, -0.2) is 27.8 Å². The molecule has 1 N–H and O–H groups in total. The lowest BCUT2D eigenvalue weighted by molar-refractivity contribution is 0.0935. The maximum Gasteiger partial charge on any atom is 0.271 e. The standard InChI is InChI=1S/C18H20N4O2S/c1-11-5-6-16(24-4)14(7-11)12(2)20-17(23)15-10-25-18(21-15)13-8-19-22(3)9-13/h5-10,12H,1-4H3,(H,20,23). The van der Waals surface area contributed by atoms with Crippen LogP contribution in [0.1, 0.15) is 34.6 Å². The van der Waals surface area contributed by atoms with E-state index in [4.69, 9.17) is 4.74 Å².